The molecule has 35 valence electrons. The van der Waals surface area contributed by atoms with Gasteiger partial charge in [0.25, 0.3) is 0 Å². The van der Waals surface area contributed by atoms with Crippen molar-refractivity contribution < 1.29 is 17.1 Å². The van der Waals surface area contributed by atoms with Crippen LogP contribution < -0.4 is 0 Å². The molecule has 2 heteroatoms. The van der Waals surface area contributed by atoms with Gasteiger partial charge in [-0.2, -0.15) is 11.8 Å². The molecule has 0 aromatic carbocycles. The average molecular weight is 138 g/mol. The normalized spacial score (nSPS) is 19.2. The standard InChI is InChI=1S/C3H6S.Cu/c1-2-4-3-1;/h1-3H2;. The minimum absolute atomic E-state index is 0. The van der Waals surface area contributed by atoms with Crippen LogP contribution in [-0.4, -0.2) is 11.5 Å². The molecule has 0 aliphatic carbocycles. The molecule has 0 aromatic heterocycles. The van der Waals surface area contributed by atoms with E-state index >= 15 is 0 Å². The van der Waals surface area contributed by atoms with Gasteiger partial charge >= 0.3 is 0 Å². The van der Waals surface area contributed by atoms with Gasteiger partial charge in [0.15, 0.2) is 0 Å². The predicted octanol–water partition coefficient (Wildman–Crippen LogP) is 1.12. The first kappa shape index (κ1) is 5.87. The summed E-state index contributed by atoms with van der Waals surface area (Å²) in [6, 6.07) is 0. The monoisotopic (exact) mass is 137 g/mol. The number of thioether (sulfide) groups is 1. The molecule has 1 saturated heterocycles. The SMILES string of the molecule is C1CSC1.[Cu]. The third kappa shape index (κ3) is 1.69. The molecule has 1 aliphatic heterocycles. The molecule has 5 heavy (non-hydrogen) atoms. The molecule has 1 heterocycles. The molecule has 0 bridgehead atoms. The molecule has 0 amide bonds. The van der Waals surface area contributed by atoms with Crippen LogP contribution >= 0.6 is 11.8 Å². The Morgan fingerprint density at radius 1 is 1.20 bits per heavy atom. The van der Waals surface area contributed by atoms with Crippen molar-refractivity contribution in [3.8, 4) is 0 Å². The van der Waals surface area contributed by atoms with Crippen LogP contribution in [0.3, 0.4) is 0 Å². The van der Waals surface area contributed by atoms with Gasteiger partial charge in [-0.3, -0.25) is 0 Å². The molecule has 0 N–H and O–H groups in total. The van der Waals surface area contributed by atoms with Crippen molar-refractivity contribution in [2.45, 2.75) is 6.42 Å². The Morgan fingerprint density at radius 2 is 1.40 bits per heavy atom. The van der Waals surface area contributed by atoms with E-state index in [4.69, 9.17) is 0 Å². The smallest absolute Gasteiger partial charge is 0 e. The van der Waals surface area contributed by atoms with Gasteiger partial charge < -0.3 is 0 Å². The first-order valence-corrected chi connectivity index (χ1v) is 2.73. The predicted molar refractivity (Wildman–Crippen MR) is 21.9 cm³/mol. The largest absolute Gasteiger partial charge is 0.162 e. The summed E-state index contributed by atoms with van der Waals surface area (Å²) in [6.07, 6.45) is 1.46. The molecule has 1 aliphatic rings. The van der Waals surface area contributed by atoms with Crippen LogP contribution in [0.2, 0.25) is 0 Å². The Labute approximate surface area is 47.2 Å². The van der Waals surface area contributed by atoms with Crippen LogP contribution in [0, 0.1) is 0 Å². The minimum atomic E-state index is 0. The first-order valence-electron chi connectivity index (χ1n) is 1.58. The topological polar surface area (TPSA) is 0 Å². The fraction of sp³-hybridized carbons (Fsp3) is 1.00. The Balaban J connectivity index is 0.000000160. The molecular weight excluding hydrogens is 132 g/mol. The van der Waals surface area contributed by atoms with Crippen molar-refractivity contribution in [2.24, 2.45) is 0 Å². The molecule has 0 saturated carbocycles. The summed E-state index contributed by atoms with van der Waals surface area (Å²) in [4.78, 5) is 0. The summed E-state index contributed by atoms with van der Waals surface area (Å²) < 4.78 is 0. The van der Waals surface area contributed by atoms with Crippen LogP contribution in [0.25, 0.3) is 0 Å². The Hall–Kier alpha value is 0.869. The van der Waals surface area contributed by atoms with Gasteiger partial charge in [-0.25, -0.2) is 0 Å². The second-order valence-corrected chi connectivity index (χ2v) is 2.19. The second-order valence-electron chi connectivity index (χ2n) is 0.966. The fourth-order valence-electron chi connectivity index (χ4n) is 0.144. The van der Waals surface area contributed by atoms with E-state index in [0.717, 1.165) is 0 Å². The number of hydrogen-bond donors (Lipinski definition) is 0. The zero-order valence-corrected chi connectivity index (χ0v) is 4.59. The van der Waals surface area contributed by atoms with Crippen LogP contribution in [0.15, 0.2) is 0 Å². The van der Waals surface area contributed by atoms with E-state index in [1.165, 1.54) is 17.9 Å². The molecule has 0 unspecified atom stereocenters. The van der Waals surface area contributed by atoms with Gasteiger partial charge in [0.2, 0.25) is 0 Å². The van der Waals surface area contributed by atoms with Crippen molar-refractivity contribution in [2.75, 3.05) is 11.5 Å². The molecular formula is C3H6CuS. The van der Waals surface area contributed by atoms with E-state index in [9.17, 15) is 0 Å². The maximum atomic E-state index is 2.04. The quantitative estimate of drug-likeness (QED) is 0.451. The number of hydrogen-bond acceptors (Lipinski definition) is 1. The average Bonchev–Trinajstić information content (AvgIpc) is 0.722. The van der Waals surface area contributed by atoms with E-state index in [1.807, 2.05) is 11.8 Å². The molecule has 0 aromatic rings. The summed E-state index contributed by atoms with van der Waals surface area (Å²) in [7, 11) is 0. The summed E-state index contributed by atoms with van der Waals surface area (Å²) in [6.45, 7) is 0. The minimum Gasteiger partial charge on any atom is -0.162 e. The maximum Gasteiger partial charge on any atom is 0 e. The Bertz CT molecular complexity index is 14.9. The van der Waals surface area contributed by atoms with Gasteiger partial charge in [-0.1, -0.05) is 0 Å². The second kappa shape index (κ2) is 3.07. The maximum absolute atomic E-state index is 2.04. The van der Waals surface area contributed by atoms with Gasteiger partial charge in [0, 0.05) is 17.1 Å². The summed E-state index contributed by atoms with van der Waals surface area (Å²) in [5, 5.41) is 0. The van der Waals surface area contributed by atoms with E-state index < -0.39 is 0 Å². The summed E-state index contributed by atoms with van der Waals surface area (Å²) in [5.41, 5.74) is 0. The van der Waals surface area contributed by atoms with Gasteiger partial charge in [0.05, 0.1) is 0 Å². The van der Waals surface area contributed by atoms with Crippen LogP contribution in [0.4, 0.5) is 0 Å². The van der Waals surface area contributed by atoms with Crippen molar-refractivity contribution in [3.63, 3.8) is 0 Å². The van der Waals surface area contributed by atoms with E-state index in [1.54, 1.807) is 0 Å². The van der Waals surface area contributed by atoms with Crippen LogP contribution in [0.5, 0.6) is 0 Å². The van der Waals surface area contributed by atoms with Crippen molar-refractivity contribution >= 4 is 11.8 Å². The van der Waals surface area contributed by atoms with Crippen molar-refractivity contribution in [1.29, 1.82) is 0 Å². The van der Waals surface area contributed by atoms with Gasteiger partial charge in [0.1, 0.15) is 0 Å². The molecule has 1 radical (unpaired) electrons. The Kier molecular flexibility index (Phi) is 3.61. The van der Waals surface area contributed by atoms with Gasteiger partial charge in [-0.15, -0.1) is 0 Å². The Morgan fingerprint density at radius 3 is 1.40 bits per heavy atom. The molecule has 1 rings (SSSR count). The van der Waals surface area contributed by atoms with Crippen molar-refractivity contribution in [3.05, 3.63) is 0 Å². The van der Waals surface area contributed by atoms with E-state index in [-0.39, 0.29) is 17.1 Å². The zero-order valence-electron chi connectivity index (χ0n) is 2.83. The number of rotatable bonds is 0. The van der Waals surface area contributed by atoms with E-state index in [0.29, 0.717) is 0 Å². The molecule has 0 spiro atoms. The first-order chi connectivity index (χ1) is 2.00. The molecule has 0 nitrogen and oxygen atoms in total. The van der Waals surface area contributed by atoms with Gasteiger partial charge in [-0.05, 0) is 17.9 Å². The molecule has 1 fully saturated rings. The van der Waals surface area contributed by atoms with E-state index in [2.05, 4.69) is 0 Å². The third-order valence-corrected chi connectivity index (χ3v) is 1.73. The fourth-order valence-corrected chi connectivity index (χ4v) is 0.433. The third-order valence-electron chi connectivity index (χ3n) is 0.577. The van der Waals surface area contributed by atoms with Crippen molar-refractivity contribution in [1.82, 2.24) is 0 Å². The molecule has 0 atom stereocenters. The summed E-state index contributed by atoms with van der Waals surface area (Å²) in [5.74, 6) is 2.83. The van der Waals surface area contributed by atoms with Crippen LogP contribution in [0.1, 0.15) is 6.42 Å². The zero-order chi connectivity index (χ0) is 2.83. The summed E-state index contributed by atoms with van der Waals surface area (Å²) >= 11 is 2.04. The van der Waals surface area contributed by atoms with Crippen LogP contribution in [-0.2, 0) is 17.1 Å².